The van der Waals surface area contributed by atoms with Crippen molar-refractivity contribution in [2.24, 2.45) is 0 Å². The second-order valence-electron chi connectivity index (χ2n) is 9.67. The summed E-state index contributed by atoms with van der Waals surface area (Å²) in [5.41, 5.74) is 8.70. The zero-order valence-electron chi connectivity index (χ0n) is 23.1. The third kappa shape index (κ3) is 7.86. The van der Waals surface area contributed by atoms with Crippen LogP contribution in [0.3, 0.4) is 0 Å². The van der Waals surface area contributed by atoms with Crippen LogP contribution in [0.25, 0.3) is 33.4 Å². The van der Waals surface area contributed by atoms with Gasteiger partial charge in [0.25, 0.3) is 5.91 Å². The first-order valence-electron chi connectivity index (χ1n) is 13.7. The number of hydrogen-bond donors (Lipinski definition) is 4. The fourth-order valence-corrected chi connectivity index (χ4v) is 4.82. The summed E-state index contributed by atoms with van der Waals surface area (Å²) in [5.74, 6) is -0.277. The molecule has 0 spiro atoms. The van der Waals surface area contributed by atoms with Crippen LogP contribution in [0.2, 0.25) is 0 Å². The molecule has 11 heteroatoms. The lowest BCUT2D eigenvalue weighted by molar-refractivity contribution is -0.182. The van der Waals surface area contributed by atoms with Crippen molar-refractivity contribution >= 4 is 40.1 Å². The molecule has 0 fully saturated rings. The van der Waals surface area contributed by atoms with Crippen LogP contribution in [-0.2, 0) is 14.4 Å². The van der Waals surface area contributed by atoms with Crippen molar-refractivity contribution < 1.29 is 33.6 Å². The molecule has 42 heavy (non-hydrogen) atoms. The summed E-state index contributed by atoms with van der Waals surface area (Å²) < 4.78 is 17.1. The largest absolute Gasteiger partial charge is 0.456 e. The van der Waals surface area contributed by atoms with Gasteiger partial charge in [-0.2, -0.15) is 5.26 Å². The highest BCUT2D eigenvalue weighted by Gasteiger charge is 2.24. The Bertz CT molecular complexity index is 1560. The van der Waals surface area contributed by atoms with Gasteiger partial charge in [-0.15, -0.1) is 11.6 Å². The minimum atomic E-state index is -0.988. The van der Waals surface area contributed by atoms with E-state index in [0.717, 1.165) is 25.7 Å². The highest BCUT2D eigenvalue weighted by molar-refractivity contribution is 6.17. The predicted molar refractivity (Wildman–Crippen MR) is 160 cm³/mol. The average Bonchev–Trinajstić information content (AvgIpc) is 2.99. The number of carbonyl (C=O) groups is 2. The monoisotopic (exact) mass is 595 g/mol. The fraction of sp³-hybridized carbons (Fsp3) is 0.323. The van der Waals surface area contributed by atoms with Gasteiger partial charge >= 0.3 is 5.97 Å². The van der Waals surface area contributed by atoms with Gasteiger partial charge in [-0.3, -0.25) is 9.68 Å². The van der Waals surface area contributed by atoms with Crippen molar-refractivity contribution in [2.45, 2.75) is 25.7 Å². The van der Waals surface area contributed by atoms with Gasteiger partial charge in [0.1, 0.15) is 11.3 Å². The number of rotatable bonds is 15. The molecule has 1 aliphatic heterocycles. The molecule has 0 atom stereocenters. The molecule has 1 amide bonds. The summed E-state index contributed by atoms with van der Waals surface area (Å²) in [7, 11) is 0. The number of anilines is 1. The number of nitrogens with two attached hydrogens (primary N) is 1. The molecule has 0 bridgehead atoms. The number of nitrogens with one attached hydrogen (secondary N) is 2. The molecular weight excluding hydrogens is 562 g/mol. The topological polar surface area (TPSA) is 157 Å². The summed E-state index contributed by atoms with van der Waals surface area (Å²) in [6, 6.07) is 14.4. The number of carbonyl (C=O) groups excluding carboxylic acids is 2. The van der Waals surface area contributed by atoms with Crippen molar-refractivity contribution in [3.8, 4) is 22.5 Å². The van der Waals surface area contributed by atoms with E-state index in [1.807, 2.05) is 0 Å². The number of alkyl halides is 1. The number of amides is 1. The Morgan fingerprint density at radius 1 is 0.905 bits per heavy atom. The second-order valence-corrected chi connectivity index (χ2v) is 10.0. The summed E-state index contributed by atoms with van der Waals surface area (Å²) in [6.45, 7) is 2.16. The maximum Gasteiger partial charge on any atom is 0.373 e. The van der Waals surface area contributed by atoms with E-state index in [1.54, 1.807) is 42.5 Å². The van der Waals surface area contributed by atoms with Gasteiger partial charge < -0.3 is 30.4 Å². The van der Waals surface area contributed by atoms with E-state index in [0.29, 0.717) is 71.4 Å². The lowest BCUT2D eigenvalue weighted by Gasteiger charge is -2.18. The van der Waals surface area contributed by atoms with Crippen molar-refractivity contribution in [3.05, 3.63) is 71.1 Å². The highest BCUT2D eigenvalue weighted by atomic mass is 35.5. The molecule has 0 saturated carbocycles. The summed E-state index contributed by atoms with van der Waals surface area (Å²) >= 11 is 5.67. The molecule has 0 aromatic heterocycles. The molecular formula is C31H34ClN3O7. The van der Waals surface area contributed by atoms with E-state index < -0.39 is 5.97 Å². The van der Waals surface area contributed by atoms with E-state index in [-0.39, 0.29) is 28.9 Å². The maximum atomic E-state index is 13.1. The van der Waals surface area contributed by atoms with Crippen LogP contribution >= 0.6 is 11.6 Å². The van der Waals surface area contributed by atoms with Crippen LogP contribution in [0.15, 0.2) is 59.0 Å². The van der Waals surface area contributed by atoms with Crippen LogP contribution in [-0.4, -0.2) is 56.0 Å². The normalized spacial score (nSPS) is 11.2. The fourth-order valence-electron chi connectivity index (χ4n) is 4.63. The molecule has 2 aromatic carbocycles. The van der Waals surface area contributed by atoms with Gasteiger partial charge in [-0.1, -0.05) is 12.8 Å². The smallest absolute Gasteiger partial charge is 0.373 e. The van der Waals surface area contributed by atoms with E-state index in [4.69, 9.17) is 36.6 Å². The van der Waals surface area contributed by atoms with Crippen LogP contribution in [0, 0.1) is 5.41 Å². The third-order valence-electron chi connectivity index (χ3n) is 6.68. The third-order valence-corrected chi connectivity index (χ3v) is 6.94. The Balaban J connectivity index is 1.49. The summed E-state index contributed by atoms with van der Waals surface area (Å²) in [4.78, 5) is 29.7. The Morgan fingerprint density at radius 3 is 2.48 bits per heavy atom. The minimum Gasteiger partial charge on any atom is -0.456 e. The maximum absolute atomic E-state index is 13.1. The predicted octanol–water partition coefficient (Wildman–Crippen LogP) is 5.46. The average molecular weight is 596 g/mol. The second kappa shape index (κ2) is 15.3. The Labute approximate surface area is 248 Å². The zero-order chi connectivity index (χ0) is 29.9. The number of hydrogen-bond acceptors (Lipinski definition) is 9. The first kappa shape index (κ1) is 31.0. The van der Waals surface area contributed by atoms with E-state index in [1.165, 1.54) is 12.1 Å². The van der Waals surface area contributed by atoms with E-state index >= 15 is 0 Å². The molecule has 10 nitrogen and oxygen atoms in total. The van der Waals surface area contributed by atoms with Crippen molar-refractivity contribution in [2.75, 3.05) is 44.6 Å². The molecule has 0 unspecified atom stereocenters. The number of halogens is 1. The van der Waals surface area contributed by atoms with Gasteiger partial charge in [0.2, 0.25) is 0 Å². The van der Waals surface area contributed by atoms with Crippen LogP contribution in [0.5, 0.6) is 0 Å². The molecule has 4 rings (SSSR count). The molecule has 1 heterocycles. The molecule has 222 valence electrons. The van der Waals surface area contributed by atoms with Crippen LogP contribution in [0.4, 0.5) is 5.69 Å². The van der Waals surface area contributed by atoms with Crippen molar-refractivity contribution in [1.82, 2.24) is 5.32 Å². The van der Waals surface area contributed by atoms with Gasteiger partial charge in [-0.25, -0.2) is 4.79 Å². The SMILES string of the molecule is N=c1ccc2c(-c3cc(C(=O)NCCOCCOCCCCCCCl)ccc3C(=O)OO)c3ccc(N)cc3oc-2c1. The Morgan fingerprint density at radius 2 is 1.69 bits per heavy atom. The number of ether oxygens (including phenoxy) is 2. The van der Waals surface area contributed by atoms with Gasteiger partial charge in [0.15, 0.2) is 0 Å². The minimum absolute atomic E-state index is 0.0389. The molecule has 0 radical (unpaired) electrons. The Hall–Kier alpha value is -3.96. The zero-order valence-corrected chi connectivity index (χ0v) is 23.9. The van der Waals surface area contributed by atoms with Crippen molar-refractivity contribution in [1.29, 1.82) is 5.41 Å². The number of nitrogen functional groups attached to an aromatic ring is 1. The van der Waals surface area contributed by atoms with E-state index in [9.17, 15) is 14.8 Å². The lowest BCUT2D eigenvalue weighted by atomic mass is 9.89. The van der Waals surface area contributed by atoms with Crippen LogP contribution < -0.4 is 16.4 Å². The summed E-state index contributed by atoms with van der Waals surface area (Å²) in [5, 5.41) is 20.9. The quantitative estimate of drug-likeness (QED) is 0.0352. The van der Waals surface area contributed by atoms with Gasteiger partial charge in [0, 0.05) is 58.9 Å². The number of fused-ring (bicyclic) bond motifs is 2. The molecule has 2 aliphatic rings. The number of benzene rings is 3. The van der Waals surface area contributed by atoms with Crippen molar-refractivity contribution in [3.63, 3.8) is 0 Å². The first-order chi connectivity index (χ1) is 20.4. The molecule has 0 saturated heterocycles. The Kier molecular flexibility index (Phi) is 11.3. The molecule has 5 N–H and O–H groups in total. The number of unbranched alkanes of at least 4 members (excludes halogenated alkanes) is 3. The van der Waals surface area contributed by atoms with Gasteiger partial charge in [0.05, 0.1) is 30.7 Å². The standard InChI is InChI=1S/C31H34ClN3O7/c32-11-3-1-2-4-13-39-15-16-40-14-12-35-30(36)20-5-8-23(31(37)42-38)26(17-20)29-24-9-6-21(33)18-27(24)41-28-19-22(34)7-10-25(28)29/h5-10,17-19,33,38H,1-4,11-16,34H2,(H,35,36). The van der Waals surface area contributed by atoms with E-state index in [2.05, 4.69) is 10.2 Å². The lowest BCUT2D eigenvalue weighted by Crippen LogP contribution is -2.27. The summed E-state index contributed by atoms with van der Waals surface area (Å²) in [6.07, 6.45) is 4.22. The molecule has 2 aromatic rings. The van der Waals surface area contributed by atoms with Crippen LogP contribution in [0.1, 0.15) is 46.4 Å². The van der Waals surface area contributed by atoms with Gasteiger partial charge in [-0.05, 0) is 60.9 Å². The first-order valence-corrected chi connectivity index (χ1v) is 14.3. The highest BCUT2D eigenvalue weighted by Crippen LogP contribution is 2.42. The molecule has 1 aliphatic carbocycles.